The average Bonchev–Trinajstić information content (AvgIpc) is 1.97. The minimum Gasteiger partial charge on any atom is -0.207 e. The van der Waals surface area contributed by atoms with Crippen LogP contribution < -0.4 is 0 Å². The normalized spacial score (nSPS) is 33.7. The van der Waals surface area contributed by atoms with Crippen molar-refractivity contribution >= 4 is 0 Å². The van der Waals surface area contributed by atoms with Crippen LogP contribution in [0.25, 0.3) is 0 Å². The molecule has 1 fully saturated rings. The Morgan fingerprint density at radius 1 is 1.38 bits per heavy atom. The molecule has 0 saturated heterocycles. The molecule has 78 valence electrons. The molecule has 1 saturated carbocycles. The standard InChI is InChI=1S/C11H20F2/c1-8(2)6-10-4-5-11(12,13)9(3)7-10/h8-10H,4-7H2,1-3H3. The molecule has 0 aliphatic heterocycles. The molecule has 2 unspecified atom stereocenters. The first-order chi connectivity index (χ1) is 5.92. The lowest BCUT2D eigenvalue weighted by Crippen LogP contribution is -2.33. The highest BCUT2D eigenvalue weighted by atomic mass is 19.3. The summed E-state index contributed by atoms with van der Waals surface area (Å²) < 4.78 is 26.2. The van der Waals surface area contributed by atoms with E-state index in [1.165, 1.54) is 0 Å². The molecule has 0 spiro atoms. The maximum atomic E-state index is 13.1. The van der Waals surface area contributed by atoms with Gasteiger partial charge >= 0.3 is 0 Å². The minimum atomic E-state index is -2.40. The SMILES string of the molecule is CC(C)CC1CCC(F)(F)C(C)C1. The number of halogens is 2. The van der Waals surface area contributed by atoms with Crippen molar-refractivity contribution < 1.29 is 8.78 Å². The van der Waals surface area contributed by atoms with E-state index in [2.05, 4.69) is 13.8 Å². The summed E-state index contributed by atoms with van der Waals surface area (Å²) in [6, 6.07) is 0. The number of hydrogen-bond donors (Lipinski definition) is 0. The average molecular weight is 190 g/mol. The van der Waals surface area contributed by atoms with Gasteiger partial charge < -0.3 is 0 Å². The van der Waals surface area contributed by atoms with Crippen molar-refractivity contribution in [1.29, 1.82) is 0 Å². The summed E-state index contributed by atoms with van der Waals surface area (Å²) in [7, 11) is 0. The van der Waals surface area contributed by atoms with E-state index in [4.69, 9.17) is 0 Å². The zero-order chi connectivity index (χ0) is 10.1. The molecular formula is C11H20F2. The van der Waals surface area contributed by atoms with Crippen LogP contribution in [0.2, 0.25) is 0 Å². The van der Waals surface area contributed by atoms with Gasteiger partial charge in [-0.3, -0.25) is 0 Å². The maximum absolute atomic E-state index is 13.1. The fraction of sp³-hybridized carbons (Fsp3) is 1.00. The van der Waals surface area contributed by atoms with E-state index in [1.807, 2.05) is 0 Å². The molecule has 1 rings (SSSR count). The quantitative estimate of drug-likeness (QED) is 0.615. The predicted molar refractivity (Wildman–Crippen MR) is 50.9 cm³/mol. The Morgan fingerprint density at radius 2 is 2.00 bits per heavy atom. The summed E-state index contributed by atoms with van der Waals surface area (Å²) in [5, 5.41) is 0. The Morgan fingerprint density at radius 3 is 2.46 bits per heavy atom. The molecule has 2 atom stereocenters. The molecule has 13 heavy (non-hydrogen) atoms. The maximum Gasteiger partial charge on any atom is 0.250 e. The fourth-order valence-electron chi connectivity index (χ4n) is 2.31. The van der Waals surface area contributed by atoms with Crippen LogP contribution in [-0.4, -0.2) is 5.92 Å². The first kappa shape index (κ1) is 10.9. The van der Waals surface area contributed by atoms with Crippen molar-refractivity contribution in [1.82, 2.24) is 0 Å². The van der Waals surface area contributed by atoms with Crippen LogP contribution in [0.3, 0.4) is 0 Å². The third-order valence-electron chi connectivity index (χ3n) is 3.10. The molecular weight excluding hydrogens is 170 g/mol. The minimum absolute atomic E-state index is 0.103. The molecule has 2 heteroatoms. The summed E-state index contributed by atoms with van der Waals surface area (Å²) >= 11 is 0. The van der Waals surface area contributed by atoms with E-state index < -0.39 is 11.8 Å². The van der Waals surface area contributed by atoms with Crippen LogP contribution in [0, 0.1) is 17.8 Å². The lowest BCUT2D eigenvalue weighted by Gasteiger charge is -2.34. The van der Waals surface area contributed by atoms with Gasteiger partial charge in [0, 0.05) is 12.3 Å². The summed E-state index contributed by atoms with van der Waals surface area (Å²) in [5.74, 6) is -1.63. The lowest BCUT2D eigenvalue weighted by atomic mass is 9.76. The van der Waals surface area contributed by atoms with E-state index in [-0.39, 0.29) is 6.42 Å². The number of alkyl halides is 2. The van der Waals surface area contributed by atoms with E-state index >= 15 is 0 Å². The molecule has 0 aromatic carbocycles. The molecule has 0 N–H and O–H groups in total. The highest BCUT2D eigenvalue weighted by molar-refractivity contribution is 4.83. The van der Waals surface area contributed by atoms with Gasteiger partial charge in [-0.25, -0.2) is 8.78 Å². The Labute approximate surface area is 79.7 Å². The Kier molecular flexibility index (Phi) is 3.31. The second-order valence-electron chi connectivity index (χ2n) is 4.93. The van der Waals surface area contributed by atoms with Gasteiger partial charge in [-0.1, -0.05) is 20.8 Å². The molecule has 0 bridgehead atoms. The summed E-state index contributed by atoms with van der Waals surface area (Å²) in [6.45, 7) is 6.02. The van der Waals surface area contributed by atoms with Gasteiger partial charge in [0.2, 0.25) is 0 Å². The Hall–Kier alpha value is -0.140. The zero-order valence-electron chi connectivity index (χ0n) is 8.82. The second kappa shape index (κ2) is 3.93. The number of rotatable bonds is 2. The van der Waals surface area contributed by atoms with Crippen LogP contribution in [0.15, 0.2) is 0 Å². The third kappa shape index (κ3) is 2.92. The van der Waals surface area contributed by atoms with Gasteiger partial charge in [-0.15, -0.1) is 0 Å². The van der Waals surface area contributed by atoms with Gasteiger partial charge in [-0.2, -0.15) is 0 Å². The molecule has 1 aliphatic carbocycles. The van der Waals surface area contributed by atoms with Gasteiger partial charge in [0.25, 0.3) is 5.92 Å². The van der Waals surface area contributed by atoms with Crippen molar-refractivity contribution in [2.75, 3.05) is 0 Å². The van der Waals surface area contributed by atoms with Crippen LogP contribution in [0.1, 0.15) is 46.5 Å². The second-order valence-corrected chi connectivity index (χ2v) is 4.93. The van der Waals surface area contributed by atoms with Gasteiger partial charge in [0.05, 0.1) is 0 Å². The Bertz CT molecular complexity index is 163. The van der Waals surface area contributed by atoms with Crippen molar-refractivity contribution in [2.24, 2.45) is 17.8 Å². The van der Waals surface area contributed by atoms with Gasteiger partial charge in [0.1, 0.15) is 0 Å². The van der Waals surface area contributed by atoms with Crippen LogP contribution in [0.4, 0.5) is 8.78 Å². The molecule has 1 aliphatic rings. The third-order valence-corrected chi connectivity index (χ3v) is 3.10. The fourth-order valence-corrected chi connectivity index (χ4v) is 2.31. The summed E-state index contributed by atoms with van der Waals surface area (Å²) in [4.78, 5) is 0. The van der Waals surface area contributed by atoms with E-state index in [9.17, 15) is 8.78 Å². The lowest BCUT2D eigenvalue weighted by molar-refractivity contribution is -0.0924. The van der Waals surface area contributed by atoms with Crippen LogP contribution in [-0.2, 0) is 0 Å². The zero-order valence-corrected chi connectivity index (χ0v) is 8.82. The van der Waals surface area contributed by atoms with Crippen LogP contribution in [0.5, 0.6) is 0 Å². The summed E-state index contributed by atoms with van der Waals surface area (Å²) in [5.41, 5.74) is 0. The van der Waals surface area contributed by atoms with Crippen LogP contribution >= 0.6 is 0 Å². The highest BCUT2D eigenvalue weighted by Crippen LogP contribution is 2.42. The molecule has 0 aromatic rings. The van der Waals surface area contributed by atoms with Gasteiger partial charge in [0.15, 0.2) is 0 Å². The largest absolute Gasteiger partial charge is 0.250 e. The van der Waals surface area contributed by atoms with Crippen molar-refractivity contribution in [3.63, 3.8) is 0 Å². The van der Waals surface area contributed by atoms with Crippen molar-refractivity contribution in [3.8, 4) is 0 Å². The molecule has 0 nitrogen and oxygen atoms in total. The molecule has 0 heterocycles. The van der Waals surface area contributed by atoms with Crippen molar-refractivity contribution in [2.45, 2.75) is 52.4 Å². The number of hydrogen-bond acceptors (Lipinski definition) is 0. The van der Waals surface area contributed by atoms with Gasteiger partial charge in [-0.05, 0) is 31.1 Å². The first-order valence-electron chi connectivity index (χ1n) is 5.29. The smallest absolute Gasteiger partial charge is 0.207 e. The van der Waals surface area contributed by atoms with Crippen molar-refractivity contribution in [3.05, 3.63) is 0 Å². The highest BCUT2D eigenvalue weighted by Gasteiger charge is 2.41. The molecule has 0 radical (unpaired) electrons. The predicted octanol–water partition coefficient (Wildman–Crippen LogP) is 4.10. The topological polar surface area (TPSA) is 0 Å². The van der Waals surface area contributed by atoms with E-state index in [0.29, 0.717) is 18.3 Å². The van der Waals surface area contributed by atoms with E-state index in [1.54, 1.807) is 6.92 Å². The van der Waals surface area contributed by atoms with E-state index in [0.717, 1.165) is 12.8 Å². The first-order valence-corrected chi connectivity index (χ1v) is 5.29. The molecule has 0 aromatic heterocycles. The Balaban J connectivity index is 2.42. The molecule has 0 amide bonds. The monoisotopic (exact) mass is 190 g/mol. The summed E-state index contributed by atoms with van der Waals surface area (Å²) in [6.07, 6.45) is 2.65.